The van der Waals surface area contributed by atoms with Crippen molar-refractivity contribution in [2.45, 2.75) is 63.7 Å². The summed E-state index contributed by atoms with van der Waals surface area (Å²) < 4.78 is 0.608. The second-order valence-electron chi connectivity index (χ2n) is 7.23. The Morgan fingerprint density at radius 3 is 2.59 bits per heavy atom. The van der Waals surface area contributed by atoms with Crippen LogP contribution in [0.1, 0.15) is 59.8 Å². The lowest BCUT2D eigenvalue weighted by molar-refractivity contribution is -0.126. The number of carbonyl (C=O) groups excluding carboxylic acids is 1. The van der Waals surface area contributed by atoms with E-state index in [1.807, 2.05) is 6.08 Å². The molecule has 0 aliphatic heterocycles. The summed E-state index contributed by atoms with van der Waals surface area (Å²) in [6, 6.07) is 0. The van der Waals surface area contributed by atoms with E-state index in [-0.39, 0.29) is 11.2 Å². The zero-order valence-electron chi connectivity index (χ0n) is 14.4. The third-order valence-electron chi connectivity index (χ3n) is 5.32. The molecule has 1 fully saturated rings. The lowest BCUT2D eigenvalue weighted by atomic mass is 9.70. The van der Waals surface area contributed by atoms with Crippen LogP contribution in [0, 0.1) is 23.2 Å². The summed E-state index contributed by atoms with van der Waals surface area (Å²) >= 11 is 2.57. The number of hydrogen-bond donors (Lipinski definition) is 1. The van der Waals surface area contributed by atoms with Gasteiger partial charge in [-0.15, -0.1) is 0 Å². The van der Waals surface area contributed by atoms with Gasteiger partial charge in [0.05, 0.1) is 0 Å². The zero-order chi connectivity index (χ0) is 16.9. The average molecular weight is 418 g/mol. The van der Waals surface area contributed by atoms with Crippen molar-refractivity contribution in [2.24, 2.45) is 23.2 Å². The van der Waals surface area contributed by atoms with E-state index in [9.17, 15) is 9.90 Å². The molecule has 0 aromatic rings. The van der Waals surface area contributed by atoms with Gasteiger partial charge in [-0.2, -0.15) is 0 Å². The molecule has 1 aliphatic rings. The number of Topliss-reactive ketones (excluding diaryl/α,β-unsaturated/α-hetero) is 1. The Labute approximate surface area is 149 Å². The Morgan fingerprint density at radius 1 is 1.50 bits per heavy atom. The molecule has 0 saturated heterocycles. The molecule has 0 aromatic heterocycles. The third kappa shape index (κ3) is 4.84. The minimum atomic E-state index is -0.175. The molecule has 3 heteroatoms. The molecule has 126 valence electrons. The van der Waals surface area contributed by atoms with Crippen LogP contribution in [0.25, 0.3) is 0 Å². The fourth-order valence-electron chi connectivity index (χ4n) is 3.76. The van der Waals surface area contributed by atoms with E-state index in [1.165, 1.54) is 6.08 Å². The van der Waals surface area contributed by atoms with Gasteiger partial charge in [0.1, 0.15) is 11.5 Å². The van der Waals surface area contributed by atoms with E-state index in [2.05, 4.69) is 56.9 Å². The maximum atomic E-state index is 12.2. The van der Waals surface area contributed by atoms with E-state index in [0.29, 0.717) is 27.5 Å². The normalized spacial score (nSPS) is 25.8. The summed E-state index contributed by atoms with van der Waals surface area (Å²) in [4.78, 5) is 12.2. The van der Waals surface area contributed by atoms with Crippen molar-refractivity contribution in [3.63, 3.8) is 0 Å². The van der Waals surface area contributed by atoms with Crippen molar-refractivity contribution in [1.82, 2.24) is 0 Å². The van der Waals surface area contributed by atoms with Crippen molar-refractivity contribution in [3.8, 4) is 0 Å². The molecule has 0 radical (unpaired) electrons. The number of aliphatic hydroxyl groups is 1. The topological polar surface area (TPSA) is 37.3 Å². The maximum Gasteiger partial charge on any atom is 0.138 e. The van der Waals surface area contributed by atoms with Gasteiger partial charge in [0, 0.05) is 15.8 Å². The summed E-state index contributed by atoms with van der Waals surface area (Å²) in [7, 11) is 0. The van der Waals surface area contributed by atoms with Crippen LogP contribution in [0.5, 0.6) is 0 Å². The first-order valence-electron chi connectivity index (χ1n) is 8.44. The molecule has 0 bridgehead atoms. The van der Waals surface area contributed by atoms with E-state index in [0.717, 1.165) is 32.1 Å². The van der Waals surface area contributed by atoms with Crippen molar-refractivity contribution < 1.29 is 9.90 Å². The SMILES string of the molecule is C=C/C(O)=C\C(C)CC[C@@H](C1CCC(=O)C1(C)C)[C@@H](I)CC. The molecule has 1 aliphatic carbocycles. The monoisotopic (exact) mass is 418 g/mol. The highest BCUT2D eigenvalue weighted by Crippen LogP contribution is 2.48. The van der Waals surface area contributed by atoms with Gasteiger partial charge in [-0.05, 0) is 55.6 Å². The van der Waals surface area contributed by atoms with Gasteiger partial charge < -0.3 is 5.11 Å². The number of allylic oxidation sites excluding steroid dienone is 2. The second-order valence-corrected chi connectivity index (χ2v) is 8.83. The lowest BCUT2D eigenvalue weighted by Gasteiger charge is -2.36. The molecule has 2 nitrogen and oxygen atoms in total. The van der Waals surface area contributed by atoms with Gasteiger partial charge >= 0.3 is 0 Å². The van der Waals surface area contributed by atoms with Crippen LogP contribution in [0.2, 0.25) is 0 Å². The van der Waals surface area contributed by atoms with Crippen molar-refractivity contribution >= 4 is 28.4 Å². The number of alkyl halides is 1. The average Bonchev–Trinajstić information content (AvgIpc) is 2.73. The molecule has 1 saturated carbocycles. The smallest absolute Gasteiger partial charge is 0.138 e. The van der Waals surface area contributed by atoms with Gasteiger partial charge in [-0.3, -0.25) is 4.79 Å². The molecular formula is C19H31IO2. The lowest BCUT2D eigenvalue weighted by Crippen LogP contribution is -2.34. The first-order chi connectivity index (χ1) is 10.2. The van der Waals surface area contributed by atoms with Crippen molar-refractivity contribution in [2.75, 3.05) is 0 Å². The van der Waals surface area contributed by atoms with E-state index in [4.69, 9.17) is 0 Å². The quantitative estimate of drug-likeness (QED) is 0.232. The number of aliphatic hydroxyl groups excluding tert-OH is 1. The largest absolute Gasteiger partial charge is 0.508 e. The molecule has 1 rings (SSSR count). The fourth-order valence-corrected chi connectivity index (χ4v) is 4.62. The fraction of sp³-hybridized carbons (Fsp3) is 0.737. The minimum Gasteiger partial charge on any atom is -0.508 e. The molecule has 0 spiro atoms. The van der Waals surface area contributed by atoms with Gasteiger partial charge in [0.2, 0.25) is 0 Å². The summed E-state index contributed by atoms with van der Waals surface area (Å²) in [6.07, 6.45) is 8.46. The van der Waals surface area contributed by atoms with Gasteiger partial charge in [0.25, 0.3) is 0 Å². The molecule has 0 heterocycles. The highest BCUT2D eigenvalue weighted by atomic mass is 127. The van der Waals surface area contributed by atoms with Gasteiger partial charge in [-0.1, -0.05) is 56.9 Å². The Hall–Kier alpha value is -0.320. The number of hydrogen-bond acceptors (Lipinski definition) is 2. The Balaban J connectivity index is 2.78. The van der Waals surface area contributed by atoms with Crippen molar-refractivity contribution in [3.05, 3.63) is 24.5 Å². The number of ketones is 1. The van der Waals surface area contributed by atoms with E-state index < -0.39 is 0 Å². The van der Waals surface area contributed by atoms with Crippen molar-refractivity contribution in [1.29, 1.82) is 0 Å². The molecular weight excluding hydrogens is 387 g/mol. The maximum absolute atomic E-state index is 12.2. The standard InChI is InChI=1S/C19H31IO2/c1-6-14(21)12-13(3)8-9-15(17(20)7-2)16-10-11-18(22)19(16,4)5/h6,12-13,15-17,21H,1,7-11H2,2-5H3/b14-12+/t13?,15-,16?,17-/m0/s1. The number of halogens is 1. The number of carbonyl (C=O) groups is 1. The highest BCUT2D eigenvalue weighted by Gasteiger charge is 2.46. The van der Waals surface area contributed by atoms with Gasteiger partial charge in [0.15, 0.2) is 0 Å². The highest BCUT2D eigenvalue weighted by molar-refractivity contribution is 14.1. The second kappa shape index (κ2) is 8.51. The predicted molar refractivity (Wildman–Crippen MR) is 102 cm³/mol. The first-order valence-corrected chi connectivity index (χ1v) is 9.69. The van der Waals surface area contributed by atoms with Gasteiger partial charge in [-0.25, -0.2) is 0 Å². The summed E-state index contributed by atoms with van der Waals surface area (Å²) in [5.41, 5.74) is -0.175. The van der Waals surface area contributed by atoms with E-state index in [1.54, 1.807) is 0 Å². The molecule has 0 amide bonds. The first kappa shape index (κ1) is 19.7. The third-order valence-corrected chi connectivity index (χ3v) is 7.12. The molecule has 4 atom stereocenters. The Kier molecular flexibility index (Phi) is 7.63. The summed E-state index contributed by atoms with van der Waals surface area (Å²) in [6.45, 7) is 12.2. The molecule has 22 heavy (non-hydrogen) atoms. The molecule has 0 aromatic carbocycles. The van der Waals surface area contributed by atoms with Crippen LogP contribution >= 0.6 is 22.6 Å². The summed E-state index contributed by atoms with van der Waals surface area (Å²) in [5, 5.41) is 9.58. The molecule has 1 N–H and O–H groups in total. The van der Waals surface area contributed by atoms with Crippen LogP contribution in [0.3, 0.4) is 0 Å². The van der Waals surface area contributed by atoms with Crippen LogP contribution in [0.4, 0.5) is 0 Å². The van der Waals surface area contributed by atoms with E-state index >= 15 is 0 Å². The number of rotatable bonds is 8. The predicted octanol–water partition coefficient (Wildman–Crippen LogP) is 5.87. The van der Waals surface area contributed by atoms with Crippen LogP contribution < -0.4 is 0 Å². The summed E-state index contributed by atoms with van der Waals surface area (Å²) in [5.74, 6) is 2.10. The molecule has 2 unspecified atom stereocenters. The minimum absolute atomic E-state index is 0.175. The Bertz CT molecular complexity index is 425. The van der Waals surface area contributed by atoms with Crippen LogP contribution in [-0.2, 0) is 4.79 Å². The van der Waals surface area contributed by atoms with Crippen LogP contribution in [-0.4, -0.2) is 14.8 Å². The Morgan fingerprint density at radius 2 is 2.14 bits per heavy atom. The van der Waals surface area contributed by atoms with Crippen LogP contribution in [0.15, 0.2) is 24.5 Å². The zero-order valence-corrected chi connectivity index (χ0v) is 16.6.